The van der Waals surface area contributed by atoms with Crippen molar-refractivity contribution >= 4 is 23.9 Å². The highest BCUT2D eigenvalue weighted by molar-refractivity contribution is 7.98. The van der Waals surface area contributed by atoms with Crippen LogP contribution in [0.2, 0.25) is 0 Å². The van der Waals surface area contributed by atoms with Gasteiger partial charge in [0.15, 0.2) is 0 Å². The largest absolute Gasteiger partial charge is 0.317 e. The van der Waals surface area contributed by atoms with Crippen LogP contribution >= 0.6 is 11.8 Å². The quantitative estimate of drug-likeness (QED) is 0.524. The Morgan fingerprint density at radius 1 is 1.14 bits per heavy atom. The molecule has 0 spiro atoms. The summed E-state index contributed by atoms with van der Waals surface area (Å²) in [6.45, 7) is 1.71. The van der Waals surface area contributed by atoms with Crippen LogP contribution in [0.3, 0.4) is 0 Å². The van der Waals surface area contributed by atoms with Crippen molar-refractivity contribution in [2.75, 3.05) is 19.3 Å². The van der Waals surface area contributed by atoms with E-state index in [1.165, 1.54) is 22.4 Å². The van der Waals surface area contributed by atoms with Gasteiger partial charge < -0.3 is 4.90 Å². The third kappa shape index (κ3) is 2.92. The van der Waals surface area contributed by atoms with Crippen molar-refractivity contribution in [3.63, 3.8) is 0 Å². The number of nitrogens with one attached hydrogen (secondary N) is 1. The van der Waals surface area contributed by atoms with Crippen LogP contribution in [0.1, 0.15) is 12.0 Å². The van der Waals surface area contributed by atoms with Crippen LogP contribution in [-0.4, -0.2) is 36.4 Å². The average molecular weight is 309 g/mol. The third-order valence-electron chi connectivity index (χ3n) is 3.80. The first-order valence-electron chi connectivity index (χ1n) is 7.39. The minimum absolute atomic E-state index is 0.841. The standard InChI is InChI=1S/C18H19N3S/c1-22-17-12-15(14-6-3-2-4-7-14)8-9-16(17)18-20-10-5-11-21(18)13-19/h2-4,6-9,12-13,19H,5,10-11H2,1H3. The maximum absolute atomic E-state index is 7.59. The molecule has 3 rings (SSSR count). The van der Waals surface area contributed by atoms with E-state index in [1.807, 2.05) is 11.0 Å². The van der Waals surface area contributed by atoms with Gasteiger partial charge in [0.05, 0.1) is 6.34 Å². The highest BCUT2D eigenvalue weighted by atomic mass is 32.2. The van der Waals surface area contributed by atoms with Crippen molar-refractivity contribution in [1.82, 2.24) is 4.90 Å². The Morgan fingerprint density at radius 3 is 2.68 bits per heavy atom. The highest BCUT2D eigenvalue weighted by Crippen LogP contribution is 2.29. The molecule has 0 saturated carbocycles. The molecule has 0 unspecified atom stereocenters. The monoisotopic (exact) mass is 309 g/mol. The van der Waals surface area contributed by atoms with E-state index < -0.39 is 0 Å². The summed E-state index contributed by atoms with van der Waals surface area (Å²) >= 11 is 1.73. The number of amidine groups is 1. The Kier molecular flexibility index (Phi) is 4.59. The molecule has 2 aromatic carbocycles. The fraction of sp³-hybridized carbons (Fsp3) is 0.222. The molecule has 0 fully saturated rings. The molecule has 4 heteroatoms. The van der Waals surface area contributed by atoms with Crippen molar-refractivity contribution in [2.24, 2.45) is 4.99 Å². The van der Waals surface area contributed by atoms with Gasteiger partial charge in [0.25, 0.3) is 0 Å². The predicted molar refractivity (Wildman–Crippen MR) is 95.2 cm³/mol. The smallest absolute Gasteiger partial charge is 0.137 e. The third-order valence-corrected chi connectivity index (χ3v) is 4.57. The van der Waals surface area contributed by atoms with E-state index in [1.54, 1.807) is 11.8 Å². The first-order chi connectivity index (χ1) is 10.8. The van der Waals surface area contributed by atoms with Crippen molar-refractivity contribution < 1.29 is 0 Å². The molecule has 112 valence electrons. The van der Waals surface area contributed by atoms with Gasteiger partial charge in [0.1, 0.15) is 5.84 Å². The lowest BCUT2D eigenvalue weighted by Gasteiger charge is -2.26. The van der Waals surface area contributed by atoms with Gasteiger partial charge >= 0.3 is 0 Å². The zero-order chi connectivity index (χ0) is 15.4. The second kappa shape index (κ2) is 6.79. The first-order valence-corrected chi connectivity index (χ1v) is 8.61. The summed E-state index contributed by atoms with van der Waals surface area (Å²) in [7, 11) is 0. The normalized spacial score (nSPS) is 14.6. The summed E-state index contributed by atoms with van der Waals surface area (Å²) in [6.07, 6.45) is 4.48. The van der Waals surface area contributed by atoms with Crippen LogP contribution in [0.25, 0.3) is 11.1 Å². The molecule has 22 heavy (non-hydrogen) atoms. The van der Waals surface area contributed by atoms with E-state index in [9.17, 15) is 0 Å². The predicted octanol–water partition coefficient (Wildman–Crippen LogP) is 4.13. The van der Waals surface area contributed by atoms with Crippen LogP contribution in [0.5, 0.6) is 0 Å². The summed E-state index contributed by atoms with van der Waals surface area (Å²) < 4.78 is 0. The van der Waals surface area contributed by atoms with Crippen molar-refractivity contribution in [2.45, 2.75) is 11.3 Å². The van der Waals surface area contributed by atoms with E-state index in [0.717, 1.165) is 30.9 Å². The van der Waals surface area contributed by atoms with E-state index in [0.29, 0.717) is 0 Å². The van der Waals surface area contributed by atoms with Crippen LogP contribution in [-0.2, 0) is 0 Å². The summed E-state index contributed by atoms with van der Waals surface area (Å²) in [6, 6.07) is 16.9. The molecule has 0 bridgehead atoms. The number of aliphatic imine (C=N–C) groups is 1. The lowest BCUT2D eigenvalue weighted by atomic mass is 10.0. The van der Waals surface area contributed by atoms with Crippen LogP contribution in [0.4, 0.5) is 0 Å². The lowest BCUT2D eigenvalue weighted by Crippen LogP contribution is -2.35. The average Bonchev–Trinajstić information content (AvgIpc) is 2.62. The Hall–Kier alpha value is -2.07. The molecule has 3 nitrogen and oxygen atoms in total. The minimum atomic E-state index is 0.841. The van der Waals surface area contributed by atoms with E-state index >= 15 is 0 Å². The van der Waals surface area contributed by atoms with Crippen molar-refractivity contribution in [3.05, 3.63) is 54.1 Å². The number of hydrogen-bond acceptors (Lipinski definition) is 3. The van der Waals surface area contributed by atoms with Gasteiger partial charge in [-0.3, -0.25) is 10.4 Å². The first kappa shape index (κ1) is 14.9. The number of benzene rings is 2. The van der Waals surface area contributed by atoms with Crippen molar-refractivity contribution in [1.29, 1.82) is 5.41 Å². The molecule has 0 atom stereocenters. The van der Waals surface area contributed by atoms with Crippen LogP contribution in [0, 0.1) is 5.41 Å². The maximum Gasteiger partial charge on any atom is 0.137 e. The topological polar surface area (TPSA) is 39.5 Å². The van der Waals surface area contributed by atoms with Gasteiger partial charge in [-0.05, 0) is 35.9 Å². The zero-order valence-electron chi connectivity index (χ0n) is 12.6. The molecule has 1 heterocycles. The summed E-state index contributed by atoms with van der Waals surface area (Å²) in [5.74, 6) is 0.921. The second-order valence-electron chi connectivity index (χ2n) is 5.16. The zero-order valence-corrected chi connectivity index (χ0v) is 13.4. The fourth-order valence-corrected chi connectivity index (χ4v) is 3.30. The Balaban J connectivity index is 2.03. The van der Waals surface area contributed by atoms with Gasteiger partial charge in [-0.25, -0.2) is 0 Å². The van der Waals surface area contributed by atoms with Gasteiger partial charge in [-0.15, -0.1) is 11.8 Å². The molecule has 0 radical (unpaired) electrons. The number of hydrogen-bond donors (Lipinski definition) is 1. The van der Waals surface area contributed by atoms with Gasteiger partial charge in [-0.2, -0.15) is 0 Å². The minimum Gasteiger partial charge on any atom is -0.317 e. The molecule has 0 amide bonds. The highest BCUT2D eigenvalue weighted by Gasteiger charge is 2.18. The van der Waals surface area contributed by atoms with Crippen molar-refractivity contribution in [3.8, 4) is 11.1 Å². The molecule has 0 aliphatic carbocycles. The van der Waals surface area contributed by atoms with Crippen LogP contribution in [0.15, 0.2) is 58.4 Å². The van der Waals surface area contributed by atoms with Gasteiger partial charge in [0, 0.05) is 23.5 Å². The SMILES string of the molecule is CSc1cc(-c2ccccc2)ccc1C1=NCCCN1C=N. The molecule has 1 aliphatic rings. The van der Waals surface area contributed by atoms with Crippen LogP contribution < -0.4 is 0 Å². The Labute approximate surface area is 135 Å². The fourth-order valence-electron chi connectivity index (χ4n) is 2.67. The lowest BCUT2D eigenvalue weighted by molar-refractivity contribution is 0.558. The molecule has 1 aliphatic heterocycles. The number of nitrogens with zero attached hydrogens (tertiary/aromatic N) is 2. The number of thioether (sulfide) groups is 1. The van der Waals surface area contributed by atoms with Gasteiger partial charge in [-0.1, -0.05) is 36.4 Å². The molecule has 2 aromatic rings. The van der Waals surface area contributed by atoms with E-state index in [-0.39, 0.29) is 0 Å². The summed E-state index contributed by atoms with van der Waals surface area (Å²) in [4.78, 5) is 7.77. The van der Waals surface area contributed by atoms with E-state index in [2.05, 4.69) is 53.7 Å². The second-order valence-corrected chi connectivity index (χ2v) is 6.01. The summed E-state index contributed by atoms with van der Waals surface area (Å²) in [5, 5.41) is 7.59. The molecule has 0 saturated heterocycles. The Bertz CT molecular complexity index is 695. The number of rotatable bonds is 4. The summed E-state index contributed by atoms with van der Waals surface area (Å²) in [5.41, 5.74) is 3.56. The molecular weight excluding hydrogens is 290 g/mol. The van der Waals surface area contributed by atoms with E-state index in [4.69, 9.17) is 5.41 Å². The van der Waals surface area contributed by atoms with Gasteiger partial charge in [0.2, 0.25) is 0 Å². The molecule has 1 N–H and O–H groups in total. The maximum atomic E-state index is 7.59. The molecular formula is C18H19N3S. The molecule has 0 aromatic heterocycles. The Morgan fingerprint density at radius 2 is 1.95 bits per heavy atom.